The summed E-state index contributed by atoms with van der Waals surface area (Å²) in [6.07, 6.45) is 4.07. The fourth-order valence-electron chi connectivity index (χ4n) is 2.42. The number of nitrogens with zero attached hydrogens (tertiary/aromatic N) is 1. The molecule has 8 heteroatoms. The van der Waals surface area contributed by atoms with Gasteiger partial charge in [-0.3, -0.25) is 13.9 Å². The van der Waals surface area contributed by atoms with Crippen LogP contribution in [-0.2, 0) is 26.0 Å². The van der Waals surface area contributed by atoms with Crippen molar-refractivity contribution in [3.63, 3.8) is 0 Å². The lowest BCUT2D eigenvalue weighted by Crippen LogP contribution is -2.36. The Balaban J connectivity index is 2.17. The summed E-state index contributed by atoms with van der Waals surface area (Å²) in [4.78, 5) is 23.3. The van der Waals surface area contributed by atoms with Crippen molar-refractivity contribution in [2.24, 2.45) is 0 Å². The van der Waals surface area contributed by atoms with E-state index in [1.54, 1.807) is 18.2 Å². The Morgan fingerprint density at radius 1 is 1.35 bits per heavy atom. The molecule has 0 aromatic heterocycles. The third-order valence-electron chi connectivity index (χ3n) is 3.43. The molecule has 2 N–H and O–H groups in total. The second-order valence-corrected chi connectivity index (χ2v) is 7.14. The lowest BCUT2D eigenvalue weighted by molar-refractivity contribution is -0.136. The molecule has 1 aromatic carbocycles. The van der Waals surface area contributed by atoms with Crippen LogP contribution >= 0.6 is 0 Å². The number of aryl methyl sites for hydroxylation is 1. The number of benzene rings is 1. The van der Waals surface area contributed by atoms with Crippen LogP contribution in [0.5, 0.6) is 0 Å². The van der Waals surface area contributed by atoms with E-state index in [1.807, 2.05) is 0 Å². The standard InChI is InChI=1S/C15H19N3O4S/c1-3-8-16-14(19)15(20)17-12-6-7-13-11(10-12)5-4-9-18(13)23(2,21)22/h3,6-7,10H,1,4-5,8-9H2,2H3,(H,16,19)(H,17,20). The molecule has 1 aliphatic rings. The molecule has 0 atom stereocenters. The third kappa shape index (κ3) is 4.10. The van der Waals surface area contributed by atoms with E-state index < -0.39 is 21.8 Å². The van der Waals surface area contributed by atoms with E-state index in [2.05, 4.69) is 17.2 Å². The minimum absolute atomic E-state index is 0.208. The van der Waals surface area contributed by atoms with Crippen molar-refractivity contribution < 1.29 is 18.0 Å². The van der Waals surface area contributed by atoms with Gasteiger partial charge in [-0.05, 0) is 36.6 Å². The van der Waals surface area contributed by atoms with Gasteiger partial charge in [0.05, 0.1) is 11.9 Å². The first-order valence-corrected chi connectivity index (χ1v) is 8.98. The number of hydrogen-bond acceptors (Lipinski definition) is 4. The van der Waals surface area contributed by atoms with E-state index in [1.165, 1.54) is 16.6 Å². The minimum Gasteiger partial charge on any atom is -0.344 e. The molecule has 1 aliphatic heterocycles. The zero-order valence-corrected chi connectivity index (χ0v) is 13.6. The first-order chi connectivity index (χ1) is 10.8. The fourth-order valence-corrected chi connectivity index (χ4v) is 3.41. The number of hydrogen-bond donors (Lipinski definition) is 2. The first-order valence-electron chi connectivity index (χ1n) is 7.13. The number of sulfonamides is 1. The van der Waals surface area contributed by atoms with Crippen LogP contribution in [0.2, 0.25) is 0 Å². The fraction of sp³-hybridized carbons (Fsp3) is 0.333. The SMILES string of the molecule is C=CCNC(=O)C(=O)Nc1ccc2c(c1)CCCN2S(C)(=O)=O. The monoisotopic (exact) mass is 337 g/mol. The quantitative estimate of drug-likeness (QED) is 0.622. The van der Waals surface area contributed by atoms with Crippen LogP contribution in [0.4, 0.5) is 11.4 Å². The second kappa shape index (κ2) is 6.82. The predicted molar refractivity (Wildman–Crippen MR) is 88.8 cm³/mol. The van der Waals surface area contributed by atoms with Crippen LogP contribution in [0.15, 0.2) is 30.9 Å². The lowest BCUT2D eigenvalue weighted by atomic mass is 10.0. The Hall–Kier alpha value is -2.35. The predicted octanol–water partition coefficient (Wildman–Crippen LogP) is 0.639. The number of carbonyl (C=O) groups is 2. The zero-order chi connectivity index (χ0) is 17.0. The minimum atomic E-state index is -3.33. The summed E-state index contributed by atoms with van der Waals surface area (Å²) in [5.41, 5.74) is 1.90. The van der Waals surface area contributed by atoms with Gasteiger partial charge in [0.2, 0.25) is 10.0 Å². The van der Waals surface area contributed by atoms with Crippen LogP contribution < -0.4 is 14.9 Å². The highest BCUT2D eigenvalue weighted by Gasteiger charge is 2.24. The van der Waals surface area contributed by atoms with Crippen molar-refractivity contribution in [1.29, 1.82) is 0 Å². The summed E-state index contributed by atoms with van der Waals surface area (Å²) < 4.78 is 24.9. The molecule has 1 aromatic rings. The van der Waals surface area contributed by atoms with Crippen LogP contribution in [0.3, 0.4) is 0 Å². The molecule has 0 saturated heterocycles. The Bertz CT molecular complexity index is 743. The summed E-state index contributed by atoms with van der Waals surface area (Å²) in [6, 6.07) is 4.93. The molecule has 23 heavy (non-hydrogen) atoms. The van der Waals surface area contributed by atoms with E-state index in [9.17, 15) is 18.0 Å². The maximum Gasteiger partial charge on any atom is 0.313 e. The number of anilines is 2. The molecule has 0 aliphatic carbocycles. The van der Waals surface area contributed by atoms with Crippen LogP contribution in [-0.4, -0.2) is 39.6 Å². The van der Waals surface area contributed by atoms with E-state index in [0.717, 1.165) is 5.56 Å². The summed E-state index contributed by atoms with van der Waals surface area (Å²) in [5, 5.41) is 4.89. The van der Waals surface area contributed by atoms with Gasteiger partial charge < -0.3 is 10.6 Å². The van der Waals surface area contributed by atoms with E-state index in [4.69, 9.17) is 0 Å². The van der Waals surface area contributed by atoms with Crippen molar-refractivity contribution >= 4 is 33.2 Å². The zero-order valence-electron chi connectivity index (χ0n) is 12.8. The van der Waals surface area contributed by atoms with Crippen molar-refractivity contribution in [3.05, 3.63) is 36.4 Å². The van der Waals surface area contributed by atoms with Gasteiger partial charge >= 0.3 is 11.8 Å². The van der Waals surface area contributed by atoms with Crippen LogP contribution in [0.25, 0.3) is 0 Å². The Kier molecular flexibility index (Phi) is 5.05. The molecular weight excluding hydrogens is 318 g/mol. The molecule has 2 rings (SSSR count). The number of carbonyl (C=O) groups excluding carboxylic acids is 2. The van der Waals surface area contributed by atoms with Crippen molar-refractivity contribution in [2.45, 2.75) is 12.8 Å². The van der Waals surface area contributed by atoms with E-state index in [-0.39, 0.29) is 6.54 Å². The van der Waals surface area contributed by atoms with Crippen molar-refractivity contribution in [3.8, 4) is 0 Å². The van der Waals surface area contributed by atoms with Gasteiger partial charge in [-0.2, -0.15) is 0 Å². The topological polar surface area (TPSA) is 95.6 Å². The smallest absolute Gasteiger partial charge is 0.313 e. The molecule has 124 valence electrons. The highest BCUT2D eigenvalue weighted by molar-refractivity contribution is 7.92. The van der Waals surface area contributed by atoms with Gasteiger partial charge in [0, 0.05) is 18.8 Å². The molecule has 1 heterocycles. The van der Waals surface area contributed by atoms with Crippen LogP contribution in [0.1, 0.15) is 12.0 Å². The highest BCUT2D eigenvalue weighted by Crippen LogP contribution is 2.31. The number of nitrogens with one attached hydrogen (secondary N) is 2. The first kappa shape index (κ1) is 17.0. The Morgan fingerprint density at radius 2 is 2.09 bits per heavy atom. The Labute approximate surface area is 135 Å². The molecule has 0 bridgehead atoms. The van der Waals surface area contributed by atoms with Crippen molar-refractivity contribution in [2.75, 3.05) is 29.0 Å². The average molecular weight is 337 g/mol. The van der Waals surface area contributed by atoms with Gasteiger partial charge in [0.25, 0.3) is 0 Å². The number of fused-ring (bicyclic) bond motifs is 1. The van der Waals surface area contributed by atoms with Gasteiger partial charge in [-0.15, -0.1) is 6.58 Å². The number of rotatable bonds is 4. The van der Waals surface area contributed by atoms with Gasteiger partial charge in [0.15, 0.2) is 0 Å². The molecule has 0 saturated carbocycles. The average Bonchev–Trinajstić information content (AvgIpc) is 2.50. The normalized spacial score (nSPS) is 13.9. The third-order valence-corrected chi connectivity index (χ3v) is 4.61. The second-order valence-electron chi connectivity index (χ2n) is 5.23. The van der Waals surface area contributed by atoms with Gasteiger partial charge in [0.1, 0.15) is 0 Å². The molecule has 2 amide bonds. The molecule has 7 nitrogen and oxygen atoms in total. The molecule has 0 fully saturated rings. The Morgan fingerprint density at radius 3 is 2.74 bits per heavy atom. The maximum absolute atomic E-state index is 11.8. The largest absolute Gasteiger partial charge is 0.344 e. The maximum atomic E-state index is 11.8. The van der Waals surface area contributed by atoms with E-state index >= 15 is 0 Å². The van der Waals surface area contributed by atoms with Gasteiger partial charge in [-0.1, -0.05) is 6.08 Å². The molecule has 0 radical (unpaired) electrons. The van der Waals surface area contributed by atoms with Gasteiger partial charge in [-0.25, -0.2) is 8.42 Å². The van der Waals surface area contributed by atoms with Crippen LogP contribution in [0, 0.1) is 0 Å². The summed E-state index contributed by atoms with van der Waals surface area (Å²) in [6.45, 7) is 4.10. The lowest BCUT2D eigenvalue weighted by Gasteiger charge is -2.29. The molecule has 0 unspecified atom stereocenters. The summed E-state index contributed by atoms with van der Waals surface area (Å²) in [5.74, 6) is -1.53. The van der Waals surface area contributed by atoms with E-state index in [0.29, 0.717) is 30.8 Å². The number of amides is 2. The highest BCUT2D eigenvalue weighted by atomic mass is 32.2. The molecule has 0 spiro atoms. The van der Waals surface area contributed by atoms with Crippen molar-refractivity contribution in [1.82, 2.24) is 5.32 Å². The summed E-state index contributed by atoms with van der Waals surface area (Å²) in [7, 11) is -3.33. The molecular formula is C15H19N3O4S. The summed E-state index contributed by atoms with van der Waals surface area (Å²) >= 11 is 0.